The molecule has 0 bridgehead atoms. The van der Waals surface area contributed by atoms with Gasteiger partial charge in [0, 0.05) is 25.8 Å². The van der Waals surface area contributed by atoms with Gasteiger partial charge in [-0.05, 0) is 24.6 Å². The van der Waals surface area contributed by atoms with Gasteiger partial charge in [0.15, 0.2) is 6.71 Å². The number of anilines is 1. The molecular formula is C16H27BN2OS. The summed E-state index contributed by atoms with van der Waals surface area (Å²) < 4.78 is 0. The van der Waals surface area contributed by atoms with E-state index in [0.29, 0.717) is 6.71 Å². The number of nitrogens with zero attached hydrogens (tertiary/aromatic N) is 2. The molecule has 5 heteroatoms. The predicted octanol–water partition coefficient (Wildman–Crippen LogP) is 3.28. The first-order valence-electron chi connectivity index (χ1n) is 7.57. The number of urea groups is 1. The minimum Gasteiger partial charge on any atom is -0.326 e. The van der Waals surface area contributed by atoms with Gasteiger partial charge in [0.05, 0.1) is 0 Å². The molecular weight excluding hydrogens is 279 g/mol. The molecule has 0 aromatic heterocycles. The molecule has 3 nitrogen and oxygen atoms in total. The molecule has 1 aliphatic heterocycles. The summed E-state index contributed by atoms with van der Waals surface area (Å²) >= 11 is 1.75. The van der Waals surface area contributed by atoms with Gasteiger partial charge in [-0.25, -0.2) is 4.79 Å². The van der Waals surface area contributed by atoms with Crippen molar-refractivity contribution in [1.29, 1.82) is 0 Å². The fraction of sp³-hybridized carbons (Fsp3) is 0.562. The summed E-state index contributed by atoms with van der Waals surface area (Å²) in [5.41, 5.74) is 2.37. The van der Waals surface area contributed by atoms with Crippen LogP contribution >= 0.6 is 11.8 Å². The Labute approximate surface area is 134 Å². The van der Waals surface area contributed by atoms with Crippen LogP contribution in [0.25, 0.3) is 0 Å². The Bertz CT molecular complexity index is 438. The molecule has 116 valence electrons. The lowest BCUT2D eigenvalue weighted by Crippen LogP contribution is -2.30. The molecule has 0 unspecified atom stereocenters. The normalized spacial score (nSPS) is 14.0. The number of carbonyl (C=O) groups excluding carboxylic acids is 1. The molecule has 1 aromatic carbocycles. The van der Waals surface area contributed by atoms with Crippen molar-refractivity contribution >= 4 is 35.7 Å². The van der Waals surface area contributed by atoms with Gasteiger partial charge < -0.3 is 4.90 Å². The van der Waals surface area contributed by atoms with E-state index >= 15 is 0 Å². The lowest BCUT2D eigenvalue weighted by Gasteiger charge is -2.17. The van der Waals surface area contributed by atoms with E-state index in [1.165, 1.54) is 18.2 Å². The van der Waals surface area contributed by atoms with Gasteiger partial charge in [-0.1, -0.05) is 44.1 Å². The number of thioether (sulfide) groups is 1. The Hall–Kier alpha value is -1.10. The highest BCUT2D eigenvalue weighted by molar-refractivity contribution is 7.97. The SMILES string of the molecule is CCCB(C)c1ccc(N2CCN(C)C2=O)cc1.CSC. The van der Waals surface area contributed by atoms with Crippen LogP contribution < -0.4 is 10.4 Å². The Balaban J connectivity index is 0.000000677. The summed E-state index contributed by atoms with van der Waals surface area (Å²) in [5.74, 6) is 0. The van der Waals surface area contributed by atoms with Gasteiger partial charge in [-0.3, -0.25) is 4.90 Å². The molecule has 21 heavy (non-hydrogen) atoms. The number of benzene rings is 1. The summed E-state index contributed by atoms with van der Waals surface area (Å²) in [7, 11) is 1.85. The number of likely N-dealkylation sites (N-methyl/N-ethyl adjacent to an activating group) is 1. The number of rotatable bonds is 4. The molecule has 1 fully saturated rings. The molecule has 0 radical (unpaired) electrons. The third-order valence-corrected chi connectivity index (χ3v) is 3.71. The Kier molecular flexibility index (Phi) is 7.72. The second-order valence-corrected chi connectivity index (χ2v) is 6.36. The first-order valence-corrected chi connectivity index (χ1v) is 9.21. The lowest BCUT2D eigenvalue weighted by molar-refractivity contribution is 0.229. The molecule has 1 heterocycles. The summed E-state index contributed by atoms with van der Waals surface area (Å²) in [6, 6.07) is 8.55. The van der Waals surface area contributed by atoms with E-state index < -0.39 is 0 Å². The zero-order valence-corrected chi connectivity index (χ0v) is 14.7. The van der Waals surface area contributed by atoms with Gasteiger partial charge in [0.2, 0.25) is 0 Å². The van der Waals surface area contributed by atoms with Crippen molar-refractivity contribution in [2.24, 2.45) is 0 Å². The first kappa shape index (κ1) is 18.0. The van der Waals surface area contributed by atoms with Crippen molar-refractivity contribution in [3.8, 4) is 0 Å². The molecule has 0 N–H and O–H groups in total. The molecule has 2 rings (SSSR count). The van der Waals surface area contributed by atoms with E-state index in [9.17, 15) is 4.79 Å². The maximum Gasteiger partial charge on any atom is 0.324 e. The highest BCUT2D eigenvalue weighted by atomic mass is 32.2. The number of hydrogen-bond acceptors (Lipinski definition) is 2. The zero-order chi connectivity index (χ0) is 15.8. The maximum absolute atomic E-state index is 11.9. The van der Waals surface area contributed by atoms with E-state index in [1.807, 2.05) is 24.5 Å². The van der Waals surface area contributed by atoms with Crippen LogP contribution in [-0.2, 0) is 0 Å². The van der Waals surface area contributed by atoms with Crippen molar-refractivity contribution in [2.75, 3.05) is 37.5 Å². The molecule has 0 saturated carbocycles. The molecule has 0 spiro atoms. The second kappa shape index (κ2) is 9.03. The lowest BCUT2D eigenvalue weighted by atomic mass is 9.44. The second-order valence-electron chi connectivity index (χ2n) is 5.55. The van der Waals surface area contributed by atoms with Crippen molar-refractivity contribution in [3.63, 3.8) is 0 Å². The van der Waals surface area contributed by atoms with Crippen LogP contribution in [0, 0.1) is 0 Å². The summed E-state index contributed by atoms with van der Waals surface area (Å²) in [6.45, 7) is 6.67. The smallest absolute Gasteiger partial charge is 0.324 e. The third kappa shape index (κ3) is 4.99. The summed E-state index contributed by atoms with van der Waals surface area (Å²) in [6.07, 6.45) is 6.50. The van der Waals surface area contributed by atoms with Crippen molar-refractivity contribution in [3.05, 3.63) is 24.3 Å². The van der Waals surface area contributed by atoms with E-state index in [-0.39, 0.29) is 6.03 Å². The van der Waals surface area contributed by atoms with Crippen molar-refractivity contribution in [1.82, 2.24) is 4.90 Å². The van der Waals surface area contributed by atoms with Gasteiger partial charge in [-0.15, -0.1) is 0 Å². The van der Waals surface area contributed by atoms with E-state index in [1.54, 1.807) is 16.7 Å². The fourth-order valence-corrected chi connectivity index (χ4v) is 2.47. The molecule has 1 saturated heterocycles. The predicted molar refractivity (Wildman–Crippen MR) is 97.6 cm³/mol. The highest BCUT2D eigenvalue weighted by Crippen LogP contribution is 2.18. The Morgan fingerprint density at radius 2 is 1.76 bits per heavy atom. The molecule has 0 aliphatic carbocycles. The molecule has 2 amide bonds. The van der Waals surface area contributed by atoms with Crippen LogP contribution in [0.15, 0.2) is 24.3 Å². The maximum atomic E-state index is 11.9. The van der Waals surface area contributed by atoms with Crippen LogP contribution in [0.4, 0.5) is 10.5 Å². The molecule has 1 aromatic rings. The van der Waals surface area contributed by atoms with E-state index in [2.05, 4.69) is 38.0 Å². The number of amides is 2. The topological polar surface area (TPSA) is 23.6 Å². The van der Waals surface area contributed by atoms with Crippen LogP contribution in [-0.4, -0.2) is 50.3 Å². The van der Waals surface area contributed by atoms with Gasteiger partial charge in [-0.2, -0.15) is 11.8 Å². The van der Waals surface area contributed by atoms with Gasteiger partial charge in [0.1, 0.15) is 0 Å². The van der Waals surface area contributed by atoms with E-state index in [4.69, 9.17) is 0 Å². The zero-order valence-electron chi connectivity index (χ0n) is 13.9. The molecule has 0 atom stereocenters. The Morgan fingerprint density at radius 1 is 1.19 bits per heavy atom. The summed E-state index contributed by atoms with van der Waals surface area (Å²) in [4.78, 5) is 15.5. The van der Waals surface area contributed by atoms with E-state index in [0.717, 1.165) is 18.8 Å². The van der Waals surface area contributed by atoms with Crippen LogP contribution in [0.3, 0.4) is 0 Å². The molecule has 1 aliphatic rings. The highest BCUT2D eigenvalue weighted by Gasteiger charge is 2.26. The quantitative estimate of drug-likeness (QED) is 0.797. The number of hydrogen-bond donors (Lipinski definition) is 0. The largest absolute Gasteiger partial charge is 0.326 e. The third-order valence-electron chi connectivity index (χ3n) is 3.71. The van der Waals surface area contributed by atoms with Gasteiger partial charge >= 0.3 is 6.03 Å². The summed E-state index contributed by atoms with van der Waals surface area (Å²) in [5, 5.41) is 0. The minimum atomic E-state index is 0.101. The van der Waals surface area contributed by atoms with Crippen LogP contribution in [0.2, 0.25) is 13.1 Å². The standard InChI is InChI=1S/C14H21BN2O.C2H6S/c1-4-9-15(2)12-5-7-13(8-6-12)17-11-10-16(3)14(17)18;1-3-2/h5-8H,4,9-11H2,1-3H3;1-2H3. The number of carbonyl (C=O) groups is 1. The minimum absolute atomic E-state index is 0.101. The van der Waals surface area contributed by atoms with Crippen LogP contribution in [0.1, 0.15) is 13.3 Å². The van der Waals surface area contributed by atoms with Crippen molar-refractivity contribution in [2.45, 2.75) is 26.5 Å². The first-order chi connectivity index (χ1) is 10.0. The van der Waals surface area contributed by atoms with Crippen molar-refractivity contribution < 1.29 is 4.79 Å². The van der Waals surface area contributed by atoms with Gasteiger partial charge in [0.25, 0.3) is 0 Å². The fourth-order valence-electron chi connectivity index (χ4n) is 2.47. The average Bonchev–Trinajstić information content (AvgIpc) is 2.80. The monoisotopic (exact) mass is 306 g/mol. The van der Waals surface area contributed by atoms with Crippen LogP contribution in [0.5, 0.6) is 0 Å². The average molecular weight is 306 g/mol. The Morgan fingerprint density at radius 3 is 2.19 bits per heavy atom.